The molecule has 0 saturated carbocycles. The van der Waals surface area contributed by atoms with Crippen molar-refractivity contribution in [1.82, 2.24) is 4.98 Å². The molecule has 0 spiro atoms. The SMILES string of the molecule is O=Nc1cccc2nc3ccccc3cc12. The van der Waals surface area contributed by atoms with Crippen LogP contribution in [0.25, 0.3) is 21.8 Å². The van der Waals surface area contributed by atoms with Crippen molar-refractivity contribution in [2.75, 3.05) is 0 Å². The van der Waals surface area contributed by atoms with E-state index in [4.69, 9.17) is 0 Å². The summed E-state index contributed by atoms with van der Waals surface area (Å²) in [5.41, 5.74) is 2.17. The van der Waals surface area contributed by atoms with Gasteiger partial charge in [-0.3, -0.25) is 0 Å². The second-order valence-corrected chi connectivity index (χ2v) is 3.62. The van der Waals surface area contributed by atoms with Gasteiger partial charge in [-0.25, -0.2) is 4.98 Å². The van der Waals surface area contributed by atoms with Crippen LogP contribution in [0, 0.1) is 4.91 Å². The summed E-state index contributed by atoms with van der Waals surface area (Å²) in [6.45, 7) is 0. The number of rotatable bonds is 1. The molecule has 0 fully saturated rings. The maximum absolute atomic E-state index is 10.7. The van der Waals surface area contributed by atoms with Crippen LogP contribution in [0.3, 0.4) is 0 Å². The number of pyridine rings is 1. The number of nitrogens with zero attached hydrogens (tertiary/aromatic N) is 2. The van der Waals surface area contributed by atoms with Gasteiger partial charge < -0.3 is 0 Å². The standard InChI is InChI=1S/C13H8N2O/c16-15-13-7-3-6-12-10(13)8-9-4-1-2-5-11(9)14-12/h1-8H. The lowest BCUT2D eigenvalue weighted by Crippen LogP contribution is -1.81. The average molecular weight is 208 g/mol. The lowest BCUT2D eigenvalue weighted by molar-refractivity contribution is 1.47. The molecule has 0 N–H and O–H groups in total. The maximum atomic E-state index is 10.7. The van der Waals surface area contributed by atoms with Gasteiger partial charge in [0.1, 0.15) is 5.69 Å². The smallest absolute Gasteiger partial charge is 0.117 e. The summed E-state index contributed by atoms with van der Waals surface area (Å²) in [6.07, 6.45) is 0. The average Bonchev–Trinajstić information content (AvgIpc) is 2.35. The number of hydrogen-bond donors (Lipinski definition) is 0. The van der Waals surface area contributed by atoms with Crippen LogP contribution in [0.5, 0.6) is 0 Å². The molecule has 3 heteroatoms. The summed E-state index contributed by atoms with van der Waals surface area (Å²) in [5.74, 6) is 0. The monoisotopic (exact) mass is 208 g/mol. The molecule has 0 bridgehead atoms. The lowest BCUT2D eigenvalue weighted by Gasteiger charge is -2.02. The molecule has 2 aromatic carbocycles. The Morgan fingerprint density at radius 1 is 0.938 bits per heavy atom. The van der Waals surface area contributed by atoms with Crippen molar-refractivity contribution < 1.29 is 0 Å². The molecule has 0 aliphatic carbocycles. The highest BCUT2D eigenvalue weighted by molar-refractivity contribution is 5.98. The van der Waals surface area contributed by atoms with E-state index in [1.807, 2.05) is 36.4 Å². The van der Waals surface area contributed by atoms with Crippen LogP contribution in [0.15, 0.2) is 53.7 Å². The van der Waals surface area contributed by atoms with E-state index in [-0.39, 0.29) is 0 Å². The fourth-order valence-corrected chi connectivity index (χ4v) is 1.86. The Kier molecular flexibility index (Phi) is 1.90. The van der Waals surface area contributed by atoms with Crippen LogP contribution in [0.2, 0.25) is 0 Å². The van der Waals surface area contributed by atoms with Gasteiger partial charge in [0.05, 0.1) is 11.0 Å². The Hall–Kier alpha value is -2.29. The molecule has 0 aliphatic heterocycles. The first-order chi connectivity index (χ1) is 7.88. The van der Waals surface area contributed by atoms with Gasteiger partial charge in [-0.1, -0.05) is 24.3 Å². The van der Waals surface area contributed by atoms with Crippen LogP contribution in [-0.2, 0) is 0 Å². The fraction of sp³-hybridized carbons (Fsp3) is 0. The number of nitroso groups, excluding NO2 is 1. The van der Waals surface area contributed by atoms with Crippen LogP contribution in [0.1, 0.15) is 0 Å². The second kappa shape index (κ2) is 3.38. The van der Waals surface area contributed by atoms with Crippen LogP contribution in [0.4, 0.5) is 5.69 Å². The van der Waals surface area contributed by atoms with E-state index in [2.05, 4.69) is 10.2 Å². The molecule has 0 aliphatic rings. The number of benzene rings is 2. The van der Waals surface area contributed by atoms with E-state index in [0.29, 0.717) is 5.69 Å². The quantitative estimate of drug-likeness (QED) is 0.451. The van der Waals surface area contributed by atoms with E-state index >= 15 is 0 Å². The first-order valence-electron chi connectivity index (χ1n) is 5.00. The van der Waals surface area contributed by atoms with Gasteiger partial charge in [-0.15, -0.1) is 4.91 Å². The Labute approximate surface area is 91.7 Å². The van der Waals surface area contributed by atoms with Crippen molar-refractivity contribution >= 4 is 27.5 Å². The molecule has 3 nitrogen and oxygen atoms in total. The summed E-state index contributed by atoms with van der Waals surface area (Å²) in [7, 11) is 0. The summed E-state index contributed by atoms with van der Waals surface area (Å²) < 4.78 is 0. The molecule has 76 valence electrons. The zero-order valence-electron chi connectivity index (χ0n) is 8.42. The normalized spacial score (nSPS) is 10.8. The Bertz CT molecular complexity index is 692. The molecule has 0 atom stereocenters. The molecule has 0 amide bonds. The van der Waals surface area contributed by atoms with Gasteiger partial charge in [0.2, 0.25) is 0 Å². The number of aromatic nitrogens is 1. The highest BCUT2D eigenvalue weighted by Gasteiger charge is 2.03. The Morgan fingerprint density at radius 3 is 2.62 bits per heavy atom. The van der Waals surface area contributed by atoms with E-state index in [1.54, 1.807) is 12.1 Å². The molecular formula is C13H8N2O. The predicted molar refractivity (Wildman–Crippen MR) is 64.7 cm³/mol. The second-order valence-electron chi connectivity index (χ2n) is 3.62. The van der Waals surface area contributed by atoms with Gasteiger partial charge in [0.25, 0.3) is 0 Å². The van der Waals surface area contributed by atoms with Crippen LogP contribution < -0.4 is 0 Å². The minimum Gasteiger partial charge on any atom is -0.248 e. The third kappa shape index (κ3) is 1.26. The summed E-state index contributed by atoms with van der Waals surface area (Å²) in [5, 5.41) is 4.84. The van der Waals surface area contributed by atoms with Gasteiger partial charge in [0.15, 0.2) is 0 Å². The van der Waals surface area contributed by atoms with Crippen molar-refractivity contribution in [1.29, 1.82) is 0 Å². The van der Waals surface area contributed by atoms with E-state index in [9.17, 15) is 4.91 Å². The molecule has 1 aromatic heterocycles. The number of hydrogen-bond acceptors (Lipinski definition) is 3. The summed E-state index contributed by atoms with van der Waals surface area (Å²) in [6, 6.07) is 15.2. The van der Waals surface area contributed by atoms with Crippen molar-refractivity contribution in [3.8, 4) is 0 Å². The molecular weight excluding hydrogens is 200 g/mol. The molecule has 3 rings (SSSR count). The molecule has 16 heavy (non-hydrogen) atoms. The van der Waals surface area contributed by atoms with Crippen LogP contribution >= 0.6 is 0 Å². The summed E-state index contributed by atoms with van der Waals surface area (Å²) in [4.78, 5) is 15.2. The predicted octanol–water partition coefficient (Wildman–Crippen LogP) is 3.79. The number of para-hydroxylation sites is 1. The third-order valence-corrected chi connectivity index (χ3v) is 2.64. The zero-order valence-corrected chi connectivity index (χ0v) is 8.42. The van der Waals surface area contributed by atoms with Crippen LogP contribution in [-0.4, -0.2) is 4.98 Å². The molecule has 0 unspecified atom stereocenters. The third-order valence-electron chi connectivity index (χ3n) is 2.64. The largest absolute Gasteiger partial charge is 0.248 e. The molecule has 1 heterocycles. The lowest BCUT2D eigenvalue weighted by atomic mass is 10.1. The van der Waals surface area contributed by atoms with Gasteiger partial charge >= 0.3 is 0 Å². The van der Waals surface area contributed by atoms with E-state index in [1.165, 1.54) is 0 Å². The van der Waals surface area contributed by atoms with Gasteiger partial charge in [-0.05, 0) is 29.4 Å². The Morgan fingerprint density at radius 2 is 1.75 bits per heavy atom. The first kappa shape index (κ1) is 8.97. The van der Waals surface area contributed by atoms with Crippen molar-refractivity contribution in [2.45, 2.75) is 0 Å². The number of fused-ring (bicyclic) bond motifs is 2. The van der Waals surface area contributed by atoms with E-state index < -0.39 is 0 Å². The fourth-order valence-electron chi connectivity index (χ4n) is 1.86. The van der Waals surface area contributed by atoms with Gasteiger partial charge in [-0.2, -0.15) is 0 Å². The zero-order chi connectivity index (χ0) is 11.0. The molecule has 3 aromatic rings. The molecule has 0 saturated heterocycles. The minimum absolute atomic E-state index is 0.441. The highest BCUT2D eigenvalue weighted by atomic mass is 16.3. The van der Waals surface area contributed by atoms with Crippen molar-refractivity contribution in [2.24, 2.45) is 5.18 Å². The topological polar surface area (TPSA) is 42.3 Å². The summed E-state index contributed by atoms with van der Waals surface area (Å²) >= 11 is 0. The maximum Gasteiger partial charge on any atom is 0.117 e. The Balaban J connectivity index is 2.51. The minimum atomic E-state index is 0.441. The highest BCUT2D eigenvalue weighted by Crippen LogP contribution is 2.27. The van der Waals surface area contributed by atoms with E-state index in [0.717, 1.165) is 21.8 Å². The first-order valence-corrected chi connectivity index (χ1v) is 5.00. The van der Waals surface area contributed by atoms with Gasteiger partial charge in [0, 0.05) is 10.8 Å². The van der Waals surface area contributed by atoms with Crippen molar-refractivity contribution in [3.63, 3.8) is 0 Å². The van der Waals surface area contributed by atoms with Crippen molar-refractivity contribution in [3.05, 3.63) is 53.4 Å². The molecule has 0 radical (unpaired) electrons.